The summed E-state index contributed by atoms with van der Waals surface area (Å²) in [5, 5.41) is 5.46. The molecule has 0 N–H and O–H groups in total. The lowest BCUT2D eigenvalue weighted by atomic mass is 10.3. The lowest BCUT2D eigenvalue weighted by molar-refractivity contribution is 0.194. The van der Waals surface area contributed by atoms with Crippen LogP contribution in [0.25, 0.3) is 10.2 Å². The molecule has 0 bridgehead atoms. The third-order valence-corrected chi connectivity index (χ3v) is 5.46. The lowest BCUT2D eigenvalue weighted by Crippen LogP contribution is -2.26. The minimum atomic E-state index is 0.193. The molecule has 0 spiro atoms. The maximum atomic E-state index is 5.44. The zero-order chi connectivity index (χ0) is 16.4. The largest absolute Gasteiger partial charge is 0.303 e. The smallest absolute Gasteiger partial charge is 0.199 e. The van der Waals surface area contributed by atoms with E-state index in [1.807, 2.05) is 27.5 Å². The van der Waals surface area contributed by atoms with Gasteiger partial charge in [0.25, 0.3) is 0 Å². The Morgan fingerprint density at radius 3 is 2.96 bits per heavy atom. The van der Waals surface area contributed by atoms with E-state index in [1.54, 1.807) is 17.7 Å². The molecule has 0 fully saturated rings. The Hall–Kier alpha value is -1.83. The van der Waals surface area contributed by atoms with Crippen LogP contribution in [-0.2, 0) is 13.2 Å². The van der Waals surface area contributed by atoms with Crippen molar-refractivity contribution in [3.05, 3.63) is 53.0 Å². The summed E-state index contributed by atoms with van der Waals surface area (Å²) in [6.07, 6.45) is 3.56. The average molecular weight is 345 g/mol. The van der Waals surface area contributed by atoms with E-state index in [2.05, 4.69) is 42.7 Å². The number of para-hydroxylation sites is 1. The van der Waals surface area contributed by atoms with Crippen LogP contribution in [0.2, 0.25) is 0 Å². The van der Waals surface area contributed by atoms with Crippen LogP contribution in [0, 0.1) is 4.77 Å². The normalized spacial score (nSPS) is 12.8. The SMILES string of the molecule is C=CCn1cnn(CN(C)C(C)c2nc3ccccc3s2)c1=S. The number of allylic oxidation sites excluding steroid dienone is 1. The van der Waals surface area contributed by atoms with Gasteiger partial charge in [-0.25, -0.2) is 9.67 Å². The molecule has 0 radical (unpaired) electrons. The molecule has 120 valence electrons. The number of fused-ring (bicyclic) bond motifs is 1. The molecule has 3 rings (SSSR count). The van der Waals surface area contributed by atoms with E-state index in [-0.39, 0.29) is 6.04 Å². The van der Waals surface area contributed by atoms with Crippen molar-refractivity contribution in [1.82, 2.24) is 24.2 Å². The van der Waals surface area contributed by atoms with Crippen molar-refractivity contribution in [3.63, 3.8) is 0 Å². The quantitative estimate of drug-likeness (QED) is 0.502. The first kappa shape index (κ1) is 16.0. The van der Waals surface area contributed by atoms with E-state index in [0.717, 1.165) is 10.5 Å². The molecule has 1 unspecified atom stereocenters. The predicted molar refractivity (Wildman–Crippen MR) is 97.0 cm³/mol. The third-order valence-electron chi connectivity index (χ3n) is 3.81. The number of rotatable bonds is 6. The second-order valence-electron chi connectivity index (χ2n) is 5.45. The van der Waals surface area contributed by atoms with Gasteiger partial charge in [0.05, 0.1) is 22.9 Å². The van der Waals surface area contributed by atoms with Crippen molar-refractivity contribution in [2.45, 2.75) is 26.2 Å². The maximum absolute atomic E-state index is 5.44. The van der Waals surface area contributed by atoms with Gasteiger partial charge in [0.15, 0.2) is 4.77 Å². The van der Waals surface area contributed by atoms with E-state index < -0.39 is 0 Å². The highest BCUT2D eigenvalue weighted by Gasteiger charge is 2.17. The Morgan fingerprint density at radius 1 is 1.43 bits per heavy atom. The number of benzene rings is 1. The molecule has 23 heavy (non-hydrogen) atoms. The Morgan fingerprint density at radius 2 is 2.22 bits per heavy atom. The Kier molecular flexibility index (Phi) is 4.70. The third kappa shape index (κ3) is 3.26. The summed E-state index contributed by atoms with van der Waals surface area (Å²) < 4.78 is 5.64. The zero-order valence-electron chi connectivity index (χ0n) is 13.2. The summed E-state index contributed by atoms with van der Waals surface area (Å²) >= 11 is 7.18. The molecule has 5 nitrogen and oxygen atoms in total. The fourth-order valence-corrected chi connectivity index (χ4v) is 3.64. The van der Waals surface area contributed by atoms with Crippen LogP contribution in [0.15, 0.2) is 43.2 Å². The zero-order valence-corrected chi connectivity index (χ0v) is 14.8. The van der Waals surface area contributed by atoms with Gasteiger partial charge in [-0.2, -0.15) is 5.10 Å². The van der Waals surface area contributed by atoms with Crippen molar-refractivity contribution >= 4 is 33.8 Å². The van der Waals surface area contributed by atoms with Crippen LogP contribution in [0.3, 0.4) is 0 Å². The minimum Gasteiger partial charge on any atom is -0.303 e. The fourth-order valence-electron chi connectivity index (χ4n) is 2.32. The molecule has 7 heteroatoms. The Labute approximate surface area is 144 Å². The van der Waals surface area contributed by atoms with Gasteiger partial charge >= 0.3 is 0 Å². The van der Waals surface area contributed by atoms with E-state index >= 15 is 0 Å². The summed E-state index contributed by atoms with van der Waals surface area (Å²) in [7, 11) is 2.06. The number of thiazole rings is 1. The van der Waals surface area contributed by atoms with Crippen molar-refractivity contribution in [2.75, 3.05) is 7.05 Å². The fraction of sp³-hybridized carbons (Fsp3) is 0.312. The number of hydrogen-bond acceptors (Lipinski definition) is 5. The average Bonchev–Trinajstić information content (AvgIpc) is 3.12. The standard InChI is InChI=1S/C16H19N5S2/c1-4-9-20-10-17-21(16(20)22)11-19(3)12(2)15-18-13-7-5-6-8-14(13)23-15/h4-8,10,12H,1,9,11H2,2-3H3. The van der Waals surface area contributed by atoms with Crippen molar-refractivity contribution in [3.8, 4) is 0 Å². The monoisotopic (exact) mass is 345 g/mol. The van der Waals surface area contributed by atoms with Gasteiger partial charge in [-0.1, -0.05) is 18.2 Å². The molecule has 0 aliphatic heterocycles. The lowest BCUT2D eigenvalue weighted by Gasteiger charge is -2.22. The second kappa shape index (κ2) is 6.74. The minimum absolute atomic E-state index is 0.193. The maximum Gasteiger partial charge on any atom is 0.199 e. The van der Waals surface area contributed by atoms with Gasteiger partial charge in [-0.3, -0.25) is 4.90 Å². The Balaban J connectivity index is 1.78. The highest BCUT2D eigenvalue weighted by Crippen LogP contribution is 2.28. The molecule has 2 aromatic heterocycles. The summed E-state index contributed by atoms with van der Waals surface area (Å²) in [4.78, 5) is 6.93. The van der Waals surface area contributed by atoms with E-state index in [9.17, 15) is 0 Å². The van der Waals surface area contributed by atoms with Crippen molar-refractivity contribution in [1.29, 1.82) is 0 Å². The number of nitrogens with zero attached hydrogens (tertiary/aromatic N) is 5. The first-order chi connectivity index (χ1) is 11.1. The van der Waals surface area contributed by atoms with Crippen molar-refractivity contribution in [2.24, 2.45) is 0 Å². The van der Waals surface area contributed by atoms with Gasteiger partial charge in [0.1, 0.15) is 11.3 Å². The van der Waals surface area contributed by atoms with Gasteiger partial charge < -0.3 is 4.57 Å². The molecule has 0 aliphatic rings. The summed E-state index contributed by atoms with van der Waals surface area (Å²) in [5.41, 5.74) is 1.06. The summed E-state index contributed by atoms with van der Waals surface area (Å²) in [5.74, 6) is 0. The molecule has 0 saturated heterocycles. The number of hydrogen-bond donors (Lipinski definition) is 0. The van der Waals surface area contributed by atoms with Crippen LogP contribution in [-0.4, -0.2) is 31.3 Å². The molecular weight excluding hydrogens is 326 g/mol. The molecule has 1 aromatic carbocycles. The molecule has 0 saturated carbocycles. The molecule has 0 aliphatic carbocycles. The molecule has 0 amide bonds. The highest BCUT2D eigenvalue weighted by atomic mass is 32.1. The predicted octanol–water partition coefficient (Wildman–Crippen LogP) is 3.86. The van der Waals surface area contributed by atoms with Crippen LogP contribution >= 0.6 is 23.6 Å². The molecule has 3 aromatic rings. The highest BCUT2D eigenvalue weighted by molar-refractivity contribution is 7.71. The van der Waals surface area contributed by atoms with E-state index in [4.69, 9.17) is 17.2 Å². The topological polar surface area (TPSA) is 38.9 Å². The van der Waals surface area contributed by atoms with Crippen LogP contribution in [0.1, 0.15) is 18.0 Å². The van der Waals surface area contributed by atoms with E-state index in [0.29, 0.717) is 18.0 Å². The van der Waals surface area contributed by atoms with Crippen LogP contribution in [0.5, 0.6) is 0 Å². The molecule has 2 heterocycles. The molecule has 1 atom stereocenters. The summed E-state index contributed by atoms with van der Waals surface area (Å²) in [6, 6.07) is 8.42. The van der Waals surface area contributed by atoms with Gasteiger partial charge in [0, 0.05) is 6.54 Å². The van der Waals surface area contributed by atoms with Crippen LogP contribution in [0.4, 0.5) is 0 Å². The number of aromatic nitrogens is 4. The summed E-state index contributed by atoms with van der Waals surface area (Å²) in [6.45, 7) is 7.19. The molecular formula is C16H19N5S2. The second-order valence-corrected chi connectivity index (χ2v) is 6.88. The van der Waals surface area contributed by atoms with Crippen molar-refractivity contribution < 1.29 is 0 Å². The van der Waals surface area contributed by atoms with Crippen LogP contribution < -0.4 is 0 Å². The van der Waals surface area contributed by atoms with Gasteiger partial charge in [-0.05, 0) is 38.3 Å². The van der Waals surface area contributed by atoms with E-state index in [1.165, 1.54) is 4.70 Å². The first-order valence-corrected chi connectivity index (χ1v) is 8.61. The van der Waals surface area contributed by atoms with Gasteiger partial charge in [0.2, 0.25) is 0 Å². The first-order valence-electron chi connectivity index (χ1n) is 7.39. The van der Waals surface area contributed by atoms with Gasteiger partial charge in [-0.15, -0.1) is 17.9 Å². The Bertz CT molecular complexity index is 843.